The molecule has 0 spiro atoms. The first-order chi connectivity index (χ1) is 8.63. The lowest BCUT2D eigenvalue weighted by molar-refractivity contribution is 0.298. The van der Waals surface area contributed by atoms with Gasteiger partial charge in [-0.3, -0.25) is 0 Å². The van der Waals surface area contributed by atoms with E-state index >= 15 is 0 Å². The van der Waals surface area contributed by atoms with Crippen LogP contribution < -0.4 is 9.31 Å². The van der Waals surface area contributed by atoms with E-state index in [9.17, 15) is 5.02 Å². The van der Waals surface area contributed by atoms with Crippen LogP contribution in [-0.4, -0.2) is 12.3 Å². The van der Waals surface area contributed by atoms with E-state index in [1.807, 2.05) is 12.1 Å². The van der Waals surface area contributed by atoms with Crippen molar-refractivity contribution in [3.63, 3.8) is 0 Å². The zero-order valence-corrected chi connectivity index (χ0v) is 11.6. The maximum absolute atomic E-state index is 9.61. The fourth-order valence-corrected chi connectivity index (χ4v) is 1.67. The van der Waals surface area contributed by atoms with E-state index < -0.39 is 7.32 Å². The van der Waals surface area contributed by atoms with Gasteiger partial charge in [-0.15, -0.1) is 0 Å². The topological polar surface area (TPSA) is 38.7 Å². The van der Waals surface area contributed by atoms with Gasteiger partial charge in [0.15, 0.2) is 0 Å². The first kappa shape index (κ1) is 13.3. The van der Waals surface area contributed by atoms with Gasteiger partial charge < -0.3 is 14.3 Å². The molecule has 3 nitrogen and oxygen atoms in total. The maximum Gasteiger partial charge on any atom is 0.785 e. The molecule has 0 aliphatic rings. The standard InChI is InChI=1S/C12H9BBrClO3/c14-9-1-5-11(6-2-9)17-13(16)18-12-7-3-10(15)4-8-12/h1-8,16H. The third kappa shape index (κ3) is 3.94. The smallest absolute Gasteiger partial charge is 0.501 e. The van der Waals surface area contributed by atoms with Crippen molar-refractivity contribution in [3.05, 3.63) is 58.0 Å². The molecule has 0 atom stereocenters. The van der Waals surface area contributed by atoms with E-state index in [0.29, 0.717) is 16.5 Å². The Bertz CT molecular complexity index is 456. The van der Waals surface area contributed by atoms with Crippen molar-refractivity contribution < 1.29 is 14.3 Å². The Morgan fingerprint density at radius 1 is 0.889 bits per heavy atom. The highest BCUT2D eigenvalue weighted by atomic mass is 79.9. The van der Waals surface area contributed by atoms with Gasteiger partial charge in [0.1, 0.15) is 11.5 Å². The minimum absolute atomic E-state index is 0.476. The van der Waals surface area contributed by atoms with Crippen molar-refractivity contribution >= 4 is 34.9 Å². The van der Waals surface area contributed by atoms with Crippen molar-refractivity contribution in [1.82, 2.24) is 0 Å². The van der Waals surface area contributed by atoms with Crippen molar-refractivity contribution in [1.29, 1.82) is 0 Å². The van der Waals surface area contributed by atoms with Gasteiger partial charge in [-0.05, 0) is 48.5 Å². The van der Waals surface area contributed by atoms with Crippen molar-refractivity contribution in [3.8, 4) is 11.5 Å². The molecule has 0 aliphatic heterocycles. The molecule has 2 rings (SSSR count). The summed E-state index contributed by atoms with van der Waals surface area (Å²) in [6.45, 7) is 0. The monoisotopic (exact) mass is 326 g/mol. The molecule has 1 N–H and O–H groups in total. The van der Waals surface area contributed by atoms with Gasteiger partial charge in [-0.1, -0.05) is 27.5 Å². The maximum atomic E-state index is 9.61. The van der Waals surface area contributed by atoms with E-state index in [0.717, 1.165) is 4.47 Å². The molecule has 0 bridgehead atoms. The summed E-state index contributed by atoms with van der Waals surface area (Å²) >= 11 is 9.05. The van der Waals surface area contributed by atoms with Gasteiger partial charge in [0.05, 0.1) is 0 Å². The van der Waals surface area contributed by atoms with Crippen LogP contribution in [0.1, 0.15) is 0 Å². The summed E-state index contributed by atoms with van der Waals surface area (Å²) in [5, 5.41) is 10.2. The van der Waals surface area contributed by atoms with Crippen LogP contribution in [0.4, 0.5) is 0 Å². The summed E-state index contributed by atoms with van der Waals surface area (Å²) in [5.74, 6) is 0.990. The van der Waals surface area contributed by atoms with Gasteiger partial charge in [0.25, 0.3) is 0 Å². The lowest BCUT2D eigenvalue weighted by Crippen LogP contribution is -2.29. The van der Waals surface area contributed by atoms with Crippen LogP contribution in [0.5, 0.6) is 11.5 Å². The normalized spacial score (nSPS) is 9.94. The Labute approximate surface area is 119 Å². The second kappa shape index (κ2) is 6.13. The number of halogens is 2. The fraction of sp³-hybridized carbons (Fsp3) is 0. The number of hydrogen-bond donors (Lipinski definition) is 1. The molecule has 0 fully saturated rings. The highest BCUT2D eigenvalue weighted by Crippen LogP contribution is 2.19. The van der Waals surface area contributed by atoms with Crippen LogP contribution in [0.2, 0.25) is 5.02 Å². The molecule has 0 amide bonds. The van der Waals surface area contributed by atoms with Crippen LogP contribution in [0, 0.1) is 0 Å². The summed E-state index contributed by atoms with van der Waals surface area (Å²) in [6, 6.07) is 13.7. The number of rotatable bonds is 4. The van der Waals surface area contributed by atoms with E-state index in [4.69, 9.17) is 20.9 Å². The third-order valence-corrected chi connectivity index (χ3v) is 2.88. The lowest BCUT2D eigenvalue weighted by Gasteiger charge is -2.10. The molecular weight excluding hydrogens is 318 g/mol. The van der Waals surface area contributed by atoms with Gasteiger partial charge >= 0.3 is 7.32 Å². The summed E-state index contributed by atoms with van der Waals surface area (Å²) in [7, 11) is -1.37. The van der Waals surface area contributed by atoms with Gasteiger partial charge in [0, 0.05) is 9.50 Å². The zero-order valence-electron chi connectivity index (χ0n) is 9.22. The van der Waals surface area contributed by atoms with E-state index in [1.54, 1.807) is 36.4 Å². The number of benzene rings is 2. The predicted molar refractivity (Wildman–Crippen MR) is 74.8 cm³/mol. The molecule has 2 aromatic rings. The summed E-state index contributed by atoms with van der Waals surface area (Å²) in [4.78, 5) is 0. The van der Waals surface area contributed by atoms with Crippen LogP contribution in [-0.2, 0) is 0 Å². The van der Waals surface area contributed by atoms with Gasteiger partial charge in [-0.2, -0.15) is 0 Å². The van der Waals surface area contributed by atoms with Crippen LogP contribution >= 0.6 is 27.5 Å². The Morgan fingerprint density at radius 3 is 1.83 bits per heavy atom. The fourth-order valence-electron chi connectivity index (χ4n) is 1.28. The highest BCUT2D eigenvalue weighted by molar-refractivity contribution is 9.10. The summed E-state index contributed by atoms with van der Waals surface area (Å²) < 4.78 is 11.3. The lowest BCUT2D eigenvalue weighted by atomic mass is 10.2. The molecule has 0 saturated carbocycles. The average Bonchev–Trinajstić information content (AvgIpc) is 2.35. The first-order valence-corrected chi connectivity index (χ1v) is 6.33. The largest absolute Gasteiger partial charge is 0.785 e. The van der Waals surface area contributed by atoms with Crippen molar-refractivity contribution in [2.24, 2.45) is 0 Å². The third-order valence-electron chi connectivity index (χ3n) is 2.10. The molecular formula is C12H9BBrClO3. The molecule has 0 heterocycles. The van der Waals surface area contributed by atoms with E-state index in [1.165, 1.54) is 0 Å². The Hall–Kier alpha value is -1.17. The molecule has 6 heteroatoms. The predicted octanol–water partition coefficient (Wildman–Crippen LogP) is 3.54. The first-order valence-electron chi connectivity index (χ1n) is 5.16. The Morgan fingerprint density at radius 2 is 1.33 bits per heavy atom. The molecule has 0 unspecified atom stereocenters. The minimum Gasteiger partial charge on any atom is -0.501 e. The summed E-state index contributed by atoms with van der Waals surface area (Å²) in [5.41, 5.74) is 0. The molecule has 2 aromatic carbocycles. The summed E-state index contributed by atoms with van der Waals surface area (Å²) in [6.07, 6.45) is 0. The van der Waals surface area contributed by atoms with E-state index in [2.05, 4.69) is 15.9 Å². The van der Waals surface area contributed by atoms with Crippen molar-refractivity contribution in [2.75, 3.05) is 0 Å². The van der Waals surface area contributed by atoms with Gasteiger partial charge in [0.2, 0.25) is 0 Å². The Balaban J connectivity index is 1.94. The SMILES string of the molecule is OB(Oc1ccc(Cl)cc1)Oc1ccc(Br)cc1. The van der Waals surface area contributed by atoms with Crippen LogP contribution in [0.25, 0.3) is 0 Å². The minimum atomic E-state index is -1.37. The Kier molecular flexibility index (Phi) is 4.52. The average molecular weight is 327 g/mol. The molecule has 92 valence electrons. The second-order valence-corrected chi connectivity index (χ2v) is 4.80. The molecule has 0 aromatic heterocycles. The van der Waals surface area contributed by atoms with Crippen LogP contribution in [0.15, 0.2) is 53.0 Å². The van der Waals surface area contributed by atoms with Gasteiger partial charge in [-0.25, -0.2) is 0 Å². The van der Waals surface area contributed by atoms with Crippen molar-refractivity contribution in [2.45, 2.75) is 0 Å². The highest BCUT2D eigenvalue weighted by Gasteiger charge is 2.20. The quantitative estimate of drug-likeness (QED) is 0.873. The van der Waals surface area contributed by atoms with Crippen LogP contribution in [0.3, 0.4) is 0 Å². The zero-order chi connectivity index (χ0) is 13.0. The number of hydrogen-bond acceptors (Lipinski definition) is 3. The molecule has 0 saturated heterocycles. The van der Waals surface area contributed by atoms with E-state index in [-0.39, 0.29) is 0 Å². The molecule has 0 radical (unpaired) electrons. The second-order valence-electron chi connectivity index (χ2n) is 3.45. The molecule has 18 heavy (non-hydrogen) atoms. The molecule has 0 aliphatic carbocycles.